The second kappa shape index (κ2) is 16.4. The van der Waals surface area contributed by atoms with Crippen molar-refractivity contribution < 1.29 is 28.8 Å². The van der Waals surface area contributed by atoms with Gasteiger partial charge in [0.05, 0.1) is 72.2 Å². The first kappa shape index (κ1) is 40.9. The van der Waals surface area contributed by atoms with E-state index < -0.39 is 9.85 Å². The third-order valence-corrected chi connectivity index (χ3v) is 11.2. The summed E-state index contributed by atoms with van der Waals surface area (Å²) < 4.78 is 23.8. The Kier molecular flexibility index (Phi) is 10.5. The van der Waals surface area contributed by atoms with Crippen LogP contribution in [0.1, 0.15) is 33.9 Å². The first-order chi connectivity index (χ1) is 31.0. The molecule has 14 heteroatoms. The summed E-state index contributed by atoms with van der Waals surface area (Å²) in [6, 6.07) is 28.6. The minimum atomic E-state index is -0.405. The molecule has 318 valence electrons. The second-order valence-corrected chi connectivity index (χ2v) is 15.2. The van der Waals surface area contributed by atoms with Gasteiger partial charge in [0, 0.05) is 68.6 Å². The lowest BCUT2D eigenvalue weighted by molar-refractivity contribution is -0.385. The van der Waals surface area contributed by atoms with Crippen molar-refractivity contribution in [2.24, 2.45) is 0 Å². The number of hydrogen-bond acceptors (Lipinski definition) is 10. The number of aromatic amines is 2. The Morgan fingerprint density at radius 1 is 0.438 bits per heavy atom. The summed E-state index contributed by atoms with van der Waals surface area (Å²) in [5.74, 6) is 2.08. The number of fused-ring (bicyclic) bond motifs is 8. The molecule has 3 aromatic heterocycles. The number of non-ortho nitro benzene ring substituents is 2. The number of nitrogens with zero attached hydrogens (tertiary/aromatic N) is 4. The van der Waals surface area contributed by atoms with Gasteiger partial charge in [0.1, 0.15) is 23.0 Å². The van der Waals surface area contributed by atoms with Gasteiger partial charge in [0.2, 0.25) is 0 Å². The van der Waals surface area contributed by atoms with Crippen molar-refractivity contribution in [2.75, 3.05) is 28.4 Å². The summed E-state index contributed by atoms with van der Waals surface area (Å²) in [6.07, 6.45) is 7.54. The Bertz CT molecular complexity index is 3060. The lowest BCUT2D eigenvalue weighted by atomic mass is 10.0. The molecule has 0 amide bonds. The van der Waals surface area contributed by atoms with E-state index in [1.807, 2.05) is 111 Å². The van der Waals surface area contributed by atoms with Crippen molar-refractivity contribution in [3.63, 3.8) is 0 Å². The van der Waals surface area contributed by atoms with Gasteiger partial charge in [-0.15, -0.1) is 0 Å². The molecule has 0 saturated carbocycles. The molecule has 0 spiro atoms. The highest BCUT2D eigenvalue weighted by Gasteiger charge is 2.25. The molecule has 64 heavy (non-hydrogen) atoms. The number of aromatic nitrogens is 4. The highest BCUT2D eigenvalue weighted by Crippen LogP contribution is 2.46. The molecular formula is C50H40N6O8. The molecule has 5 heterocycles. The summed E-state index contributed by atoms with van der Waals surface area (Å²) in [7, 11) is 6.33. The van der Waals surface area contributed by atoms with Gasteiger partial charge in [-0.1, -0.05) is 24.3 Å². The molecule has 0 radical (unpaired) electrons. The predicted molar refractivity (Wildman–Crippen MR) is 250 cm³/mol. The van der Waals surface area contributed by atoms with Gasteiger partial charge in [-0.3, -0.25) is 20.2 Å². The number of rotatable bonds is 10. The van der Waals surface area contributed by atoms with Crippen molar-refractivity contribution in [1.82, 2.24) is 19.9 Å². The standard InChI is InChI=1S/C50H40N6O8/c1-27-21-29(25-31(23-27)55(57)58)45-33-13-17-37(51-33)47(49-41(61-3)9-7-10-42(49)62-4)39-19-15-35(53-39)46(30-22-28(2)24-32(26-30)56(59)60)36-16-20-40(54-36)48(38-18-14-34(45)52-38)50-43(63-5)11-8-12-44(50)64-6/h7-26,51,54H,1-6H3. The summed E-state index contributed by atoms with van der Waals surface area (Å²) in [4.78, 5) is 41.7. The van der Waals surface area contributed by atoms with Gasteiger partial charge in [-0.2, -0.15) is 0 Å². The number of H-pyrrole nitrogens is 2. The highest BCUT2D eigenvalue weighted by molar-refractivity contribution is 6.02. The number of benzene rings is 4. The van der Waals surface area contributed by atoms with Crippen LogP contribution < -0.4 is 18.9 Å². The number of nitrogens with one attached hydrogen (secondary N) is 2. The zero-order valence-electron chi connectivity index (χ0n) is 35.6. The SMILES string of the molecule is COc1cccc(OC)c1-c1c2nc(c(-c3cc(C)cc([N+](=O)[O-])c3)c3ccc([nH]3)c(-c3c(OC)cccc3OC)c3nc(c(-c4cc(C)cc([N+](=O)[O-])c4)c4ccc1[nH]4)C=C3)C=C2. The van der Waals surface area contributed by atoms with Crippen molar-refractivity contribution in [2.45, 2.75) is 13.8 Å². The molecule has 14 nitrogen and oxygen atoms in total. The topological polar surface area (TPSA) is 181 Å². The van der Waals surface area contributed by atoms with Gasteiger partial charge < -0.3 is 28.9 Å². The van der Waals surface area contributed by atoms with Crippen molar-refractivity contribution in [3.05, 3.63) is 151 Å². The van der Waals surface area contributed by atoms with Crippen LogP contribution in [0.2, 0.25) is 0 Å². The predicted octanol–water partition coefficient (Wildman–Crippen LogP) is 11.8. The van der Waals surface area contributed by atoms with Gasteiger partial charge in [0.25, 0.3) is 11.4 Å². The molecule has 2 N–H and O–H groups in total. The summed E-state index contributed by atoms with van der Waals surface area (Å²) in [5, 5.41) is 24.6. The van der Waals surface area contributed by atoms with E-state index in [1.165, 1.54) is 12.1 Å². The van der Waals surface area contributed by atoms with Gasteiger partial charge in [-0.25, -0.2) is 9.97 Å². The summed E-state index contributed by atoms with van der Waals surface area (Å²) >= 11 is 0. The van der Waals surface area contributed by atoms with E-state index in [0.717, 1.165) is 0 Å². The van der Waals surface area contributed by atoms with Crippen LogP contribution in [0.3, 0.4) is 0 Å². The van der Waals surface area contributed by atoms with Crippen LogP contribution in [0.15, 0.2) is 97.1 Å². The molecule has 4 aromatic carbocycles. The normalized spacial score (nSPS) is 11.7. The molecular weight excluding hydrogens is 813 g/mol. The lowest BCUT2D eigenvalue weighted by Crippen LogP contribution is -1.96. The smallest absolute Gasteiger partial charge is 0.270 e. The third kappa shape index (κ3) is 7.15. The Hall–Kier alpha value is -8.52. The second-order valence-electron chi connectivity index (χ2n) is 15.2. The summed E-state index contributed by atoms with van der Waals surface area (Å²) in [5.41, 5.74) is 10.7. The number of nitro benzene ring substituents is 2. The van der Waals surface area contributed by atoms with Crippen LogP contribution in [0.5, 0.6) is 23.0 Å². The average Bonchev–Trinajstić information content (AvgIpc) is 4.14. The molecule has 9 rings (SSSR count). The van der Waals surface area contributed by atoms with Crippen LogP contribution in [0.25, 0.3) is 90.9 Å². The maximum absolute atomic E-state index is 12.3. The Balaban J connectivity index is 1.54. The molecule has 8 bridgehead atoms. The first-order valence-corrected chi connectivity index (χ1v) is 20.1. The van der Waals surface area contributed by atoms with Crippen LogP contribution in [0, 0.1) is 34.1 Å². The van der Waals surface area contributed by atoms with Gasteiger partial charge >= 0.3 is 0 Å². The third-order valence-electron chi connectivity index (χ3n) is 11.2. The molecule has 0 unspecified atom stereocenters. The molecule has 0 fully saturated rings. The number of methoxy groups -OCH3 is 4. The maximum Gasteiger partial charge on any atom is 0.270 e. The minimum absolute atomic E-state index is 0.0661. The number of ether oxygens (including phenoxy) is 4. The molecule has 0 saturated heterocycles. The first-order valence-electron chi connectivity index (χ1n) is 20.1. The molecule has 2 aliphatic rings. The fraction of sp³-hybridized carbons (Fsp3) is 0.120. The lowest BCUT2D eigenvalue weighted by Gasteiger charge is -2.14. The monoisotopic (exact) mass is 852 g/mol. The molecule has 7 aromatic rings. The minimum Gasteiger partial charge on any atom is -0.496 e. The van der Waals surface area contributed by atoms with Crippen LogP contribution >= 0.6 is 0 Å². The van der Waals surface area contributed by atoms with Gasteiger partial charge in [-0.05, 0) is 109 Å². The van der Waals surface area contributed by atoms with E-state index in [4.69, 9.17) is 28.9 Å². The van der Waals surface area contributed by atoms with E-state index >= 15 is 0 Å². The van der Waals surface area contributed by atoms with Gasteiger partial charge in [0.15, 0.2) is 0 Å². The van der Waals surface area contributed by atoms with Crippen molar-refractivity contribution >= 4 is 57.7 Å². The van der Waals surface area contributed by atoms with E-state index in [-0.39, 0.29) is 11.4 Å². The molecule has 0 atom stereocenters. The van der Waals surface area contributed by atoms with Crippen LogP contribution in [0.4, 0.5) is 11.4 Å². The van der Waals surface area contributed by atoms with E-state index in [9.17, 15) is 20.2 Å². The zero-order chi connectivity index (χ0) is 44.8. The summed E-state index contributed by atoms with van der Waals surface area (Å²) in [6.45, 7) is 3.63. The van der Waals surface area contributed by atoms with Crippen LogP contribution in [-0.2, 0) is 0 Å². The Morgan fingerprint density at radius 2 is 0.750 bits per heavy atom. The van der Waals surface area contributed by atoms with Crippen molar-refractivity contribution in [1.29, 1.82) is 0 Å². The Morgan fingerprint density at radius 3 is 1.06 bits per heavy atom. The van der Waals surface area contributed by atoms with E-state index in [0.29, 0.717) is 123 Å². The fourth-order valence-corrected chi connectivity index (χ4v) is 8.56. The Labute approximate surface area is 366 Å². The van der Waals surface area contributed by atoms with Crippen LogP contribution in [-0.4, -0.2) is 58.2 Å². The van der Waals surface area contributed by atoms with Crippen molar-refractivity contribution in [3.8, 4) is 67.5 Å². The largest absolute Gasteiger partial charge is 0.496 e. The zero-order valence-corrected chi connectivity index (χ0v) is 35.6. The number of nitro groups is 2. The molecule has 0 aliphatic carbocycles. The maximum atomic E-state index is 12.3. The van der Waals surface area contributed by atoms with E-state index in [2.05, 4.69) is 9.97 Å². The average molecular weight is 853 g/mol. The van der Waals surface area contributed by atoms with E-state index in [1.54, 1.807) is 40.6 Å². The number of aryl methyl sites for hydroxylation is 2. The quantitative estimate of drug-likeness (QED) is 0.0992. The highest BCUT2D eigenvalue weighted by atomic mass is 16.6. The molecule has 2 aliphatic heterocycles. The number of hydrogen-bond donors (Lipinski definition) is 2. The fourth-order valence-electron chi connectivity index (χ4n) is 8.56.